The molecule has 4 aromatic rings. The number of hydrogen-bond donors (Lipinski definition) is 0. The minimum Gasteiger partial charge on any atom is -0.487 e. The van der Waals surface area contributed by atoms with Gasteiger partial charge in [-0.05, 0) is 34.8 Å². The lowest BCUT2D eigenvalue weighted by atomic mass is 9.96. The van der Waals surface area contributed by atoms with Crippen molar-refractivity contribution in [2.75, 3.05) is 19.8 Å². The molecule has 0 bridgehead atoms. The van der Waals surface area contributed by atoms with E-state index in [1.807, 2.05) is 128 Å². The molecule has 0 N–H and O–H groups in total. The normalized spacial score (nSPS) is 19.7. The molecule has 8 heteroatoms. The molecule has 1 aliphatic heterocycles. The Morgan fingerprint density at radius 1 is 0.633 bits per heavy atom. The number of hydrogen-bond acceptors (Lipinski definition) is 8. The highest BCUT2D eigenvalue weighted by Gasteiger charge is 2.46. The number of ether oxygens (including phenoxy) is 7. The fourth-order valence-corrected chi connectivity index (χ4v) is 5.40. The summed E-state index contributed by atoms with van der Waals surface area (Å²) < 4.78 is 43.5. The maximum absolute atomic E-state index is 12.3. The first-order valence-corrected chi connectivity index (χ1v) is 16.9. The van der Waals surface area contributed by atoms with E-state index in [1.165, 1.54) is 0 Å². The number of unbranched alkanes of at least 4 members (excludes halogenated alkanes) is 1. The molecule has 49 heavy (non-hydrogen) atoms. The van der Waals surface area contributed by atoms with Gasteiger partial charge in [0, 0.05) is 0 Å². The van der Waals surface area contributed by atoms with Gasteiger partial charge in [-0.2, -0.15) is 0 Å². The molecule has 0 spiro atoms. The van der Waals surface area contributed by atoms with Gasteiger partial charge in [-0.3, -0.25) is 0 Å². The Kier molecular flexibility index (Phi) is 14.7. The van der Waals surface area contributed by atoms with Crippen molar-refractivity contribution in [1.82, 2.24) is 0 Å². The highest BCUT2D eigenvalue weighted by atomic mass is 16.7. The molecular weight excluding hydrogens is 620 g/mol. The fourth-order valence-electron chi connectivity index (χ4n) is 5.40. The molecule has 1 saturated heterocycles. The minimum atomic E-state index is -0.730. The van der Waals surface area contributed by atoms with Gasteiger partial charge in [0.25, 0.3) is 0 Å². The topological polar surface area (TPSA) is 81.7 Å². The maximum atomic E-state index is 12.3. The summed E-state index contributed by atoms with van der Waals surface area (Å²) in [4.78, 5) is 12.3. The Bertz CT molecular complexity index is 1510. The van der Waals surface area contributed by atoms with Crippen molar-refractivity contribution in [3.05, 3.63) is 155 Å². The first-order valence-electron chi connectivity index (χ1n) is 16.9. The number of carbonyl (C=O) groups is 1. The third-order valence-electron chi connectivity index (χ3n) is 8.00. The summed E-state index contributed by atoms with van der Waals surface area (Å²) in [6.45, 7) is 3.87. The Morgan fingerprint density at radius 2 is 1.12 bits per heavy atom. The summed E-state index contributed by atoms with van der Waals surface area (Å²) >= 11 is 0. The first kappa shape index (κ1) is 35.8. The summed E-state index contributed by atoms with van der Waals surface area (Å²) in [6.07, 6.45) is 0.245. The Labute approximate surface area is 289 Å². The van der Waals surface area contributed by atoms with E-state index < -0.39 is 30.6 Å². The van der Waals surface area contributed by atoms with Gasteiger partial charge in [0.05, 0.1) is 39.6 Å². The molecule has 1 heterocycles. The molecule has 1 aliphatic rings. The van der Waals surface area contributed by atoms with Gasteiger partial charge in [0.15, 0.2) is 6.10 Å². The van der Waals surface area contributed by atoms with Crippen LogP contribution in [0, 0.1) is 0 Å². The van der Waals surface area contributed by atoms with Gasteiger partial charge in [-0.25, -0.2) is 4.79 Å². The highest BCUT2D eigenvalue weighted by Crippen LogP contribution is 2.33. The zero-order chi connectivity index (χ0) is 33.9. The van der Waals surface area contributed by atoms with Gasteiger partial charge >= 0.3 is 6.16 Å². The molecule has 0 saturated carbocycles. The lowest BCUT2D eigenvalue weighted by Gasteiger charge is -2.43. The molecular formula is C41H46O8. The molecule has 0 aromatic heterocycles. The lowest BCUT2D eigenvalue weighted by molar-refractivity contribution is -0.223. The smallest absolute Gasteiger partial charge is 0.487 e. The standard InChI is InChI=1S/C41H46O8/c1-2-3-25-44-41(42)45-26-24-36-38(46-28-33-18-10-5-11-19-33)40(48-30-35-22-14-7-15-23-35)39(47-29-34-20-12-6-13-21-34)37(49-36)31-43-27-32-16-8-4-9-17-32/h4-24,37-40H,2-3,25-31H2,1H3/b36-24-/t37-,38+,39-,40-/m1/s1. The molecule has 0 unspecified atom stereocenters. The fraction of sp³-hybridized carbons (Fsp3) is 0.341. The highest BCUT2D eigenvalue weighted by molar-refractivity contribution is 5.59. The van der Waals surface area contributed by atoms with E-state index in [1.54, 1.807) is 6.08 Å². The molecule has 4 aromatic carbocycles. The maximum Gasteiger partial charge on any atom is 0.508 e. The van der Waals surface area contributed by atoms with Crippen LogP contribution in [-0.4, -0.2) is 50.4 Å². The summed E-state index contributed by atoms with van der Waals surface area (Å²) in [6, 6.07) is 39.9. The van der Waals surface area contributed by atoms with Gasteiger partial charge in [0.1, 0.15) is 30.7 Å². The SMILES string of the molecule is CCCCOC(=O)OC/C=C1\O[C@H](COCc2ccccc2)[C@@H](OCc2ccccc2)[C@H](OCc2ccccc2)[C@H]1OCc1ccccc1. The quantitative estimate of drug-likeness (QED) is 0.0777. The molecule has 0 amide bonds. The van der Waals surface area contributed by atoms with Crippen LogP contribution in [-0.2, 0) is 59.6 Å². The second-order valence-electron chi connectivity index (χ2n) is 11.8. The second-order valence-corrected chi connectivity index (χ2v) is 11.8. The third-order valence-corrected chi connectivity index (χ3v) is 8.00. The molecule has 258 valence electrons. The molecule has 5 rings (SSSR count). The van der Waals surface area contributed by atoms with Crippen molar-refractivity contribution in [3.8, 4) is 0 Å². The van der Waals surface area contributed by atoms with Crippen LogP contribution in [0.15, 0.2) is 133 Å². The molecule has 0 aliphatic carbocycles. The average molecular weight is 667 g/mol. The van der Waals surface area contributed by atoms with Crippen LogP contribution in [0.2, 0.25) is 0 Å². The summed E-state index contributed by atoms with van der Waals surface area (Å²) in [7, 11) is 0. The average Bonchev–Trinajstić information content (AvgIpc) is 3.15. The Hall–Kier alpha value is -4.47. The van der Waals surface area contributed by atoms with Gasteiger partial charge in [0.2, 0.25) is 0 Å². The molecule has 8 nitrogen and oxygen atoms in total. The second kappa shape index (κ2) is 20.1. The number of rotatable bonds is 18. The predicted molar refractivity (Wildman–Crippen MR) is 186 cm³/mol. The van der Waals surface area contributed by atoms with Crippen LogP contribution in [0.5, 0.6) is 0 Å². The largest absolute Gasteiger partial charge is 0.508 e. The number of benzene rings is 4. The summed E-state index contributed by atoms with van der Waals surface area (Å²) in [5, 5.41) is 0. The van der Waals surface area contributed by atoms with Crippen molar-refractivity contribution >= 4 is 6.16 Å². The van der Waals surface area contributed by atoms with Crippen LogP contribution >= 0.6 is 0 Å². The Morgan fingerprint density at radius 3 is 1.65 bits per heavy atom. The van der Waals surface area contributed by atoms with Crippen LogP contribution in [0.25, 0.3) is 0 Å². The van der Waals surface area contributed by atoms with E-state index in [0.29, 0.717) is 38.8 Å². The molecule has 1 fully saturated rings. The van der Waals surface area contributed by atoms with Crippen molar-refractivity contribution < 1.29 is 38.0 Å². The van der Waals surface area contributed by atoms with E-state index in [2.05, 4.69) is 0 Å². The van der Waals surface area contributed by atoms with E-state index in [0.717, 1.165) is 35.1 Å². The van der Waals surface area contributed by atoms with E-state index in [9.17, 15) is 4.79 Å². The zero-order valence-corrected chi connectivity index (χ0v) is 28.1. The monoisotopic (exact) mass is 666 g/mol. The van der Waals surface area contributed by atoms with Crippen molar-refractivity contribution in [2.24, 2.45) is 0 Å². The summed E-state index contributed by atoms with van der Waals surface area (Å²) in [5.74, 6) is 0.475. The first-order chi connectivity index (χ1) is 24.2. The van der Waals surface area contributed by atoms with Crippen LogP contribution in [0.1, 0.15) is 42.0 Å². The summed E-state index contributed by atoms with van der Waals surface area (Å²) in [5.41, 5.74) is 4.07. The van der Waals surface area contributed by atoms with Crippen molar-refractivity contribution in [2.45, 2.75) is 70.6 Å². The van der Waals surface area contributed by atoms with Gasteiger partial charge in [-0.15, -0.1) is 0 Å². The van der Waals surface area contributed by atoms with Crippen LogP contribution in [0.3, 0.4) is 0 Å². The van der Waals surface area contributed by atoms with Gasteiger partial charge < -0.3 is 33.2 Å². The lowest BCUT2D eigenvalue weighted by Crippen LogP contribution is -2.56. The van der Waals surface area contributed by atoms with E-state index >= 15 is 0 Å². The minimum absolute atomic E-state index is 0.0655. The predicted octanol–water partition coefficient (Wildman–Crippen LogP) is 8.20. The van der Waals surface area contributed by atoms with Crippen LogP contribution in [0.4, 0.5) is 4.79 Å². The van der Waals surface area contributed by atoms with Crippen LogP contribution < -0.4 is 0 Å². The zero-order valence-electron chi connectivity index (χ0n) is 28.1. The van der Waals surface area contributed by atoms with Crippen molar-refractivity contribution in [3.63, 3.8) is 0 Å². The van der Waals surface area contributed by atoms with Crippen molar-refractivity contribution in [1.29, 1.82) is 0 Å². The molecule has 4 atom stereocenters. The molecule has 0 radical (unpaired) electrons. The third kappa shape index (κ3) is 11.9. The van der Waals surface area contributed by atoms with E-state index in [-0.39, 0.29) is 13.2 Å². The van der Waals surface area contributed by atoms with Gasteiger partial charge in [-0.1, -0.05) is 135 Å². The number of carbonyl (C=O) groups excluding carboxylic acids is 1. The Balaban J connectivity index is 1.43. The van der Waals surface area contributed by atoms with E-state index in [4.69, 9.17) is 33.2 Å².